The minimum Gasteiger partial charge on any atom is -0.321 e. The van der Waals surface area contributed by atoms with Crippen molar-refractivity contribution in [2.75, 3.05) is 6.26 Å². The molecular weight excluding hydrogens is 531 g/mol. The third-order valence-corrected chi connectivity index (χ3v) is 7.03. The zero-order chi connectivity index (χ0) is 23.4. The fourth-order valence-corrected chi connectivity index (χ4v) is 5.01. The summed E-state index contributed by atoms with van der Waals surface area (Å²) in [6, 6.07) is 17.3. The summed E-state index contributed by atoms with van der Waals surface area (Å²) in [6.45, 7) is 10.9. The molecule has 1 aliphatic carbocycles. The summed E-state index contributed by atoms with van der Waals surface area (Å²) in [5, 5.41) is 0. The third-order valence-electron chi connectivity index (χ3n) is 5.68. The van der Waals surface area contributed by atoms with Gasteiger partial charge in [0.1, 0.15) is 0 Å². The van der Waals surface area contributed by atoms with Gasteiger partial charge in [0.05, 0.1) is 12.3 Å². The molecule has 3 rings (SSSR count). The van der Waals surface area contributed by atoms with Gasteiger partial charge in [-0.15, -0.1) is 6.92 Å². The summed E-state index contributed by atoms with van der Waals surface area (Å²) < 4.78 is 25.9. The van der Waals surface area contributed by atoms with E-state index in [-0.39, 0.29) is 24.9 Å². The van der Waals surface area contributed by atoms with Crippen molar-refractivity contribution in [3.63, 3.8) is 0 Å². The molecule has 3 N–H and O–H groups in total. The molecule has 0 saturated carbocycles. The molecule has 0 heterocycles. The van der Waals surface area contributed by atoms with E-state index in [1.807, 2.05) is 36.4 Å². The number of rotatable bonds is 5. The summed E-state index contributed by atoms with van der Waals surface area (Å²) >= 11 is 6.62. The van der Waals surface area contributed by atoms with Gasteiger partial charge in [-0.3, -0.25) is 6.08 Å². The van der Waals surface area contributed by atoms with Gasteiger partial charge < -0.3 is 5.73 Å². The molecule has 32 heavy (non-hydrogen) atoms. The van der Waals surface area contributed by atoms with Crippen LogP contribution in [0.5, 0.6) is 0 Å². The van der Waals surface area contributed by atoms with E-state index in [4.69, 9.17) is 17.3 Å². The summed E-state index contributed by atoms with van der Waals surface area (Å²) in [5.41, 5.74) is 12.0. The molecule has 0 fully saturated rings. The maximum absolute atomic E-state index is 11.7. The fourth-order valence-electron chi connectivity index (χ4n) is 3.55. The van der Waals surface area contributed by atoms with Crippen molar-refractivity contribution in [2.45, 2.75) is 45.7 Å². The zero-order valence-corrected chi connectivity index (χ0v) is 22.6. The van der Waals surface area contributed by atoms with Crippen LogP contribution in [0.15, 0.2) is 77.4 Å². The van der Waals surface area contributed by atoms with Crippen molar-refractivity contribution in [1.82, 2.24) is 4.72 Å². The number of nitrogens with two attached hydrogens (primary N) is 1. The first-order valence-electron chi connectivity index (χ1n) is 10.1. The molecular formula is C25H32ClN2O2RhS-. The number of nitrogens with one attached hydrogen (secondary N) is 1. The van der Waals surface area contributed by atoms with Gasteiger partial charge in [-0.25, -0.2) is 14.0 Å². The average molecular weight is 563 g/mol. The molecule has 177 valence electrons. The zero-order valence-electron chi connectivity index (χ0n) is 19.4. The smallest absolute Gasteiger partial charge is 0.210 e. The SMILES string of the molecule is CC1=[C-]C(C)(C)C(C)=C1C.CS(=O)(=O)N[C@@](Cl)(c1ccccc1)[C@@H](N)c1ccccc1.[Rh]. The number of benzene rings is 2. The van der Waals surface area contributed by atoms with E-state index in [1.165, 1.54) is 16.7 Å². The molecule has 7 heteroatoms. The van der Waals surface area contributed by atoms with E-state index >= 15 is 0 Å². The molecule has 0 bridgehead atoms. The summed E-state index contributed by atoms with van der Waals surface area (Å²) in [7, 11) is -3.54. The van der Waals surface area contributed by atoms with Crippen LogP contribution in [0, 0.1) is 11.5 Å². The van der Waals surface area contributed by atoms with Gasteiger partial charge in [0, 0.05) is 19.5 Å². The van der Waals surface area contributed by atoms with Crippen LogP contribution in [-0.2, 0) is 34.5 Å². The molecule has 0 amide bonds. The van der Waals surface area contributed by atoms with Gasteiger partial charge in [-0.05, 0) is 11.1 Å². The van der Waals surface area contributed by atoms with Crippen molar-refractivity contribution in [2.24, 2.45) is 11.1 Å². The average Bonchev–Trinajstić information content (AvgIpc) is 2.89. The molecule has 0 aliphatic heterocycles. The van der Waals surface area contributed by atoms with Crippen LogP contribution in [0.1, 0.15) is 51.8 Å². The van der Waals surface area contributed by atoms with Crippen LogP contribution in [0.4, 0.5) is 0 Å². The number of halogens is 1. The normalized spacial score (nSPS) is 17.9. The predicted molar refractivity (Wildman–Crippen MR) is 130 cm³/mol. The van der Waals surface area contributed by atoms with Crippen molar-refractivity contribution in [1.29, 1.82) is 0 Å². The second-order valence-corrected chi connectivity index (χ2v) is 10.8. The standard InChI is InChI=1S/C15H17ClN2O2S.C10H15.Rh/c1-21(19,20)18-15(16,13-10-6-3-7-11-13)14(17)12-8-4-2-5-9-12;1-7-6-10(4,5)9(3)8(7)2;/h2-11,14,18H,17H2,1H3;1-5H3;/q;-1;/t14-,15-;;/m0../s1. The number of alkyl halides is 1. The molecule has 0 unspecified atom stereocenters. The van der Waals surface area contributed by atoms with Crippen molar-refractivity contribution < 1.29 is 27.9 Å². The van der Waals surface area contributed by atoms with E-state index in [9.17, 15) is 8.42 Å². The molecule has 2 aromatic rings. The Hall–Kier alpha value is -1.30. The van der Waals surface area contributed by atoms with Crippen LogP contribution >= 0.6 is 11.6 Å². The summed E-state index contributed by atoms with van der Waals surface area (Å²) in [6.07, 6.45) is 4.50. The largest absolute Gasteiger partial charge is 0.321 e. The molecule has 2 atom stereocenters. The van der Waals surface area contributed by atoms with Crippen molar-refractivity contribution in [3.05, 3.63) is 94.6 Å². The van der Waals surface area contributed by atoms with E-state index in [0.29, 0.717) is 5.56 Å². The van der Waals surface area contributed by atoms with E-state index in [1.54, 1.807) is 24.3 Å². The Kier molecular flexibility index (Phi) is 10.1. The third kappa shape index (κ3) is 7.10. The molecule has 1 radical (unpaired) electrons. The minimum absolute atomic E-state index is 0. The fraction of sp³-hybridized carbons (Fsp3) is 0.360. The molecule has 2 aromatic carbocycles. The Morgan fingerprint density at radius 3 is 1.81 bits per heavy atom. The van der Waals surface area contributed by atoms with Crippen molar-refractivity contribution in [3.8, 4) is 0 Å². The van der Waals surface area contributed by atoms with Gasteiger partial charge in [0.15, 0.2) is 5.00 Å². The number of allylic oxidation sites excluding steroid dienone is 4. The Balaban J connectivity index is 0.000000393. The first kappa shape index (κ1) is 28.7. The molecule has 0 aromatic heterocycles. The number of hydrogen-bond acceptors (Lipinski definition) is 3. The number of sulfonamides is 1. The topological polar surface area (TPSA) is 72.2 Å². The Morgan fingerprint density at radius 2 is 1.47 bits per heavy atom. The quantitative estimate of drug-likeness (QED) is 0.221. The van der Waals surface area contributed by atoms with E-state index in [0.717, 1.165) is 11.8 Å². The molecule has 4 nitrogen and oxygen atoms in total. The minimum atomic E-state index is -3.54. The second kappa shape index (κ2) is 11.2. The van der Waals surface area contributed by atoms with Crippen LogP contribution in [-0.4, -0.2) is 14.7 Å². The van der Waals surface area contributed by atoms with Gasteiger partial charge in [-0.2, -0.15) is 15.9 Å². The van der Waals surface area contributed by atoms with Crippen LogP contribution in [0.3, 0.4) is 0 Å². The Labute approximate surface area is 211 Å². The summed E-state index contributed by atoms with van der Waals surface area (Å²) in [4.78, 5) is -1.45. The first-order valence-corrected chi connectivity index (χ1v) is 12.4. The first-order chi connectivity index (χ1) is 14.3. The maximum Gasteiger partial charge on any atom is 0.210 e. The molecule has 1 aliphatic rings. The summed E-state index contributed by atoms with van der Waals surface area (Å²) in [5.74, 6) is 0. The number of hydrogen-bond donors (Lipinski definition) is 2. The van der Waals surface area contributed by atoms with Crippen molar-refractivity contribution >= 4 is 21.6 Å². The van der Waals surface area contributed by atoms with Gasteiger partial charge in [0.2, 0.25) is 10.0 Å². The van der Waals surface area contributed by atoms with E-state index < -0.39 is 21.1 Å². The second-order valence-electron chi connectivity index (χ2n) is 8.47. The Bertz CT molecular complexity index is 1070. The molecule has 0 saturated heterocycles. The van der Waals surface area contributed by atoms with Gasteiger partial charge in [0.25, 0.3) is 0 Å². The maximum atomic E-state index is 11.7. The van der Waals surface area contributed by atoms with E-state index in [2.05, 4.69) is 45.4 Å². The Morgan fingerprint density at radius 1 is 1.00 bits per heavy atom. The van der Waals surface area contributed by atoms with Gasteiger partial charge in [-0.1, -0.05) is 105 Å². The van der Waals surface area contributed by atoms with Crippen LogP contribution in [0.25, 0.3) is 0 Å². The van der Waals surface area contributed by atoms with Crippen LogP contribution < -0.4 is 10.5 Å². The monoisotopic (exact) mass is 562 g/mol. The van der Waals surface area contributed by atoms with Gasteiger partial charge >= 0.3 is 0 Å². The molecule has 0 spiro atoms. The van der Waals surface area contributed by atoms with Crippen LogP contribution in [0.2, 0.25) is 0 Å². The predicted octanol–water partition coefficient (Wildman–Crippen LogP) is 5.44.